The minimum Gasteiger partial charge on any atom is -0.444 e. The molecular weight excluding hydrogens is 352 g/mol. The van der Waals surface area contributed by atoms with Gasteiger partial charge in [0.25, 0.3) is 11.6 Å². The molecule has 150 valence electrons. The highest BCUT2D eigenvalue weighted by Gasteiger charge is 2.20. The number of alkyl carbamates (subject to hydrolysis) is 1. The Morgan fingerprint density at radius 1 is 1.19 bits per heavy atom. The number of ether oxygens (including phenoxy) is 1. The van der Waals surface area contributed by atoms with Crippen molar-refractivity contribution in [3.63, 3.8) is 0 Å². The summed E-state index contributed by atoms with van der Waals surface area (Å²) in [6, 6.07) is 4.32. The van der Waals surface area contributed by atoms with Crippen LogP contribution in [0.5, 0.6) is 0 Å². The number of nitrogens with one attached hydrogen (secondary N) is 2. The van der Waals surface area contributed by atoms with Crippen LogP contribution < -0.4 is 10.6 Å². The Labute approximate surface area is 159 Å². The molecule has 0 aliphatic rings. The van der Waals surface area contributed by atoms with Crippen LogP contribution in [0.25, 0.3) is 0 Å². The molecule has 2 N–H and O–H groups in total. The van der Waals surface area contributed by atoms with Crippen molar-refractivity contribution >= 4 is 23.4 Å². The van der Waals surface area contributed by atoms with Crippen molar-refractivity contribution in [2.24, 2.45) is 0 Å². The van der Waals surface area contributed by atoms with Crippen molar-refractivity contribution in [3.05, 3.63) is 33.9 Å². The lowest BCUT2D eigenvalue weighted by atomic mass is 10.1. The standard InChI is InChI=1S/C18H28N4O5/c1-6-21(7-2)16(23)13-8-9-14(15(12-13)22(25)26)19-10-11-20-17(24)27-18(3,4)5/h8-9,12,19H,6-7,10-11H2,1-5H3,(H,20,24). The number of rotatable bonds is 8. The number of amides is 2. The molecule has 0 radical (unpaired) electrons. The molecule has 0 aromatic heterocycles. The van der Waals surface area contributed by atoms with Gasteiger partial charge in [0.15, 0.2) is 0 Å². The zero-order chi connectivity index (χ0) is 20.6. The molecule has 1 aromatic rings. The monoisotopic (exact) mass is 380 g/mol. The molecule has 0 spiro atoms. The van der Waals surface area contributed by atoms with E-state index in [2.05, 4.69) is 10.6 Å². The Morgan fingerprint density at radius 2 is 1.81 bits per heavy atom. The molecule has 1 aromatic carbocycles. The molecule has 0 atom stereocenters. The maximum atomic E-state index is 12.4. The van der Waals surface area contributed by atoms with E-state index in [1.165, 1.54) is 12.1 Å². The summed E-state index contributed by atoms with van der Waals surface area (Å²) in [6.07, 6.45) is -0.557. The Bertz CT molecular complexity index is 681. The molecular formula is C18H28N4O5. The first-order valence-electron chi connectivity index (χ1n) is 8.87. The van der Waals surface area contributed by atoms with E-state index in [-0.39, 0.29) is 35.9 Å². The van der Waals surface area contributed by atoms with Gasteiger partial charge < -0.3 is 20.3 Å². The molecule has 0 aliphatic heterocycles. The summed E-state index contributed by atoms with van der Waals surface area (Å²) in [7, 11) is 0. The van der Waals surface area contributed by atoms with Crippen molar-refractivity contribution in [1.82, 2.24) is 10.2 Å². The van der Waals surface area contributed by atoms with Crippen LogP contribution >= 0.6 is 0 Å². The van der Waals surface area contributed by atoms with Crippen LogP contribution in [-0.4, -0.2) is 53.6 Å². The predicted molar refractivity (Wildman–Crippen MR) is 103 cm³/mol. The zero-order valence-electron chi connectivity index (χ0n) is 16.5. The van der Waals surface area contributed by atoms with Gasteiger partial charge in [0.1, 0.15) is 11.3 Å². The van der Waals surface area contributed by atoms with Gasteiger partial charge in [-0.15, -0.1) is 0 Å². The number of hydrogen-bond acceptors (Lipinski definition) is 6. The van der Waals surface area contributed by atoms with Gasteiger partial charge in [-0.3, -0.25) is 14.9 Å². The number of nitro benzene ring substituents is 1. The summed E-state index contributed by atoms with van der Waals surface area (Å²) < 4.78 is 5.11. The number of hydrogen-bond donors (Lipinski definition) is 2. The molecule has 0 aliphatic carbocycles. The van der Waals surface area contributed by atoms with Crippen LogP contribution in [0.2, 0.25) is 0 Å². The summed E-state index contributed by atoms with van der Waals surface area (Å²) in [6.45, 7) is 10.5. The Morgan fingerprint density at radius 3 is 2.33 bits per heavy atom. The number of carbonyl (C=O) groups excluding carboxylic acids is 2. The van der Waals surface area contributed by atoms with Gasteiger partial charge in [-0.25, -0.2) is 4.79 Å². The third-order valence-corrected chi connectivity index (χ3v) is 3.60. The largest absolute Gasteiger partial charge is 0.444 e. The van der Waals surface area contributed by atoms with Crippen molar-refractivity contribution in [3.8, 4) is 0 Å². The number of carbonyl (C=O) groups is 2. The number of anilines is 1. The highest BCUT2D eigenvalue weighted by Crippen LogP contribution is 2.26. The Kier molecular flexibility index (Phi) is 8.01. The lowest BCUT2D eigenvalue weighted by Gasteiger charge is -2.20. The first kappa shape index (κ1) is 22.2. The van der Waals surface area contributed by atoms with Gasteiger partial charge >= 0.3 is 6.09 Å². The van der Waals surface area contributed by atoms with Gasteiger partial charge in [0.05, 0.1) is 4.92 Å². The fourth-order valence-electron chi connectivity index (χ4n) is 2.33. The fourth-order valence-corrected chi connectivity index (χ4v) is 2.33. The highest BCUT2D eigenvalue weighted by atomic mass is 16.6. The summed E-state index contributed by atoms with van der Waals surface area (Å²) in [4.78, 5) is 36.3. The van der Waals surface area contributed by atoms with Gasteiger partial charge in [-0.05, 0) is 46.8 Å². The van der Waals surface area contributed by atoms with Crippen LogP contribution in [0.4, 0.5) is 16.2 Å². The minimum atomic E-state index is -0.594. The maximum absolute atomic E-state index is 12.4. The Hall–Kier alpha value is -2.84. The fraction of sp³-hybridized carbons (Fsp3) is 0.556. The van der Waals surface area contributed by atoms with Crippen molar-refractivity contribution in [2.45, 2.75) is 40.2 Å². The minimum absolute atomic E-state index is 0.190. The van der Waals surface area contributed by atoms with E-state index in [1.54, 1.807) is 31.7 Å². The quantitative estimate of drug-likeness (QED) is 0.407. The molecule has 0 heterocycles. The summed E-state index contributed by atoms with van der Waals surface area (Å²) in [5.41, 5.74) is -0.237. The van der Waals surface area contributed by atoms with Gasteiger partial charge in [0, 0.05) is 37.8 Å². The van der Waals surface area contributed by atoms with E-state index in [0.717, 1.165) is 0 Å². The van der Waals surface area contributed by atoms with E-state index >= 15 is 0 Å². The van der Waals surface area contributed by atoms with Crippen LogP contribution in [-0.2, 0) is 4.74 Å². The van der Waals surface area contributed by atoms with Crippen LogP contribution in [0, 0.1) is 10.1 Å². The van der Waals surface area contributed by atoms with Crippen LogP contribution in [0.1, 0.15) is 45.0 Å². The first-order chi connectivity index (χ1) is 12.6. The maximum Gasteiger partial charge on any atom is 0.407 e. The number of nitrogens with zero attached hydrogens (tertiary/aromatic N) is 2. The normalized spacial score (nSPS) is 10.9. The lowest BCUT2D eigenvalue weighted by molar-refractivity contribution is -0.384. The Balaban J connectivity index is 2.75. The second-order valence-electron chi connectivity index (χ2n) is 6.82. The van der Waals surface area contributed by atoms with E-state index in [4.69, 9.17) is 4.74 Å². The molecule has 1 rings (SSSR count). The molecule has 9 heteroatoms. The number of benzene rings is 1. The van der Waals surface area contributed by atoms with Crippen LogP contribution in [0.3, 0.4) is 0 Å². The average Bonchev–Trinajstić information content (AvgIpc) is 2.58. The number of nitro groups is 1. The molecule has 9 nitrogen and oxygen atoms in total. The van der Waals surface area contributed by atoms with E-state index in [9.17, 15) is 19.7 Å². The molecule has 2 amide bonds. The predicted octanol–water partition coefficient (Wildman–Crippen LogP) is 3.01. The van der Waals surface area contributed by atoms with Gasteiger partial charge in [0.2, 0.25) is 0 Å². The topological polar surface area (TPSA) is 114 Å². The highest BCUT2D eigenvalue weighted by molar-refractivity contribution is 5.95. The molecule has 0 saturated carbocycles. The molecule has 0 unspecified atom stereocenters. The van der Waals surface area contributed by atoms with Crippen molar-refractivity contribution in [1.29, 1.82) is 0 Å². The lowest BCUT2D eigenvalue weighted by Crippen LogP contribution is -2.35. The first-order valence-corrected chi connectivity index (χ1v) is 8.87. The smallest absolute Gasteiger partial charge is 0.407 e. The molecule has 0 saturated heterocycles. The van der Waals surface area contributed by atoms with E-state index < -0.39 is 16.6 Å². The average molecular weight is 380 g/mol. The van der Waals surface area contributed by atoms with E-state index in [0.29, 0.717) is 13.1 Å². The van der Waals surface area contributed by atoms with Gasteiger partial charge in [-0.1, -0.05) is 0 Å². The second kappa shape index (κ2) is 9.75. The van der Waals surface area contributed by atoms with E-state index in [1.807, 2.05) is 13.8 Å². The second-order valence-corrected chi connectivity index (χ2v) is 6.82. The summed E-state index contributed by atoms with van der Waals surface area (Å²) in [5, 5.41) is 16.8. The molecule has 27 heavy (non-hydrogen) atoms. The molecule has 0 fully saturated rings. The van der Waals surface area contributed by atoms with Crippen molar-refractivity contribution in [2.75, 3.05) is 31.5 Å². The third-order valence-electron chi connectivity index (χ3n) is 3.60. The zero-order valence-corrected chi connectivity index (χ0v) is 16.5. The molecule has 0 bridgehead atoms. The summed E-state index contributed by atoms with van der Waals surface area (Å²) >= 11 is 0. The SMILES string of the molecule is CCN(CC)C(=O)c1ccc(NCCNC(=O)OC(C)(C)C)c([N+](=O)[O-])c1. The van der Waals surface area contributed by atoms with Crippen molar-refractivity contribution < 1.29 is 19.2 Å². The van der Waals surface area contributed by atoms with Crippen LogP contribution in [0.15, 0.2) is 18.2 Å². The summed E-state index contributed by atoms with van der Waals surface area (Å²) in [5.74, 6) is -0.249. The third kappa shape index (κ3) is 7.12. The van der Waals surface area contributed by atoms with Gasteiger partial charge in [-0.2, -0.15) is 0 Å².